The SMILES string of the molecule is CNC(=O)[C@@H]1CN(C(=O)CCn2c(=O)oc3cc(Cl)ccc32)c2ccccc2O1. The van der Waals surface area contributed by atoms with Gasteiger partial charge in [0.05, 0.1) is 17.7 Å². The molecule has 0 unspecified atom stereocenters. The Morgan fingerprint density at radius 3 is 2.83 bits per heavy atom. The monoisotopic (exact) mass is 415 g/mol. The number of benzene rings is 2. The van der Waals surface area contributed by atoms with Crippen LogP contribution >= 0.6 is 11.6 Å². The number of para-hydroxylation sites is 2. The van der Waals surface area contributed by atoms with Crippen molar-refractivity contribution in [2.45, 2.75) is 19.1 Å². The Bertz CT molecular complexity index is 1150. The highest BCUT2D eigenvalue weighted by molar-refractivity contribution is 6.31. The summed E-state index contributed by atoms with van der Waals surface area (Å²) in [4.78, 5) is 38.7. The minimum atomic E-state index is -0.807. The Balaban J connectivity index is 1.57. The first-order chi connectivity index (χ1) is 14.0. The maximum Gasteiger partial charge on any atom is 0.419 e. The number of carbonyl (C=O) groups is 2. The predicted octanol–water partition coefficient (Wildman–Crippen LogP) is 2.18. The van der Waals surface area contributed by atoms with E-state index in [1.165, 1.54) is 16.5 Å². The normalized spacial score (nSPS) is 15.7. The minimum Gasteiger partial charge on any atom is -0.477 e. The summed E-state index contributed by atoms with van der Waals surface area (Å²) in [7, 11) is 1.51. The topological polar surface area (TPSA) is 93.8 Å². The van der Waals surface area contributed by atoms with E-state index in [-0.39, 0.29) is 31.3 Å². The van der Waals surface area contributed by atoms with Gasteiger partial charge in [-0.3, -0.25) is 14.2 Å². The third kappa shape index (κ3) is 3.58. The predicted molar refractivity (Wildman–Crippen MR) is 107 cm³/mol. The van der Waals surface area contributed by atoms with Gasteiger partial charge in [-0.1, -0.05) is 23.7 Å². The highest BCUT2D eigenvalue weighted by Crippen LogP contribution is 2.33. The molecule has 0 fully saturated rings. The fourth-order valence-corrected chi connectivity index (χ4v) is 3.52. The van der Waals surface area contributed by atoms with Gasteiger partial charge in [-0.15, -0.1) is 0 Å². The molecular weight excluding hydrogens is 398 g/mol. The molecule has 0 radical (unpaired) electrons. The van der Waals surface area contributed by atoms with Gasteiger partial charge in [0.25, 0.3) is 5.91 Å². The number of likely N-dealkylation sites (N-methyl/N-ethyl adjacent to an activating group) is 1. The summed E-state index contributed by atoms with van der Waals surface area (Å²) in [5.74, 6) is -0.641. The van der Waals surface area contributed by atoms with Crippen LogP contribution in [0, 0.1) is 0 Å². The molecule has 3 aromatic rings. The second-order valence-corrected chi connectivity index (χ2v) is 7.01. The van der Waals surface area contributed by atoms with E-state index in [0.29, 0.717) is 27.6 Å². The molecule has 0 saturated carbocycles. The molecule has 1 atom stereocenters. The number of aryl methyl sites for hydroxylation is 1. The van der Waals surface area contributed by atoms with Crippen LogP contribution in [0.4, 0.5) is 5.69 Å². The Kier molecular flexibility index (Phi) is 5.02. The van der Waals surface area contributed by atoms with Crippen LogP contribution in [0.2, 0.25) is 5.02 Å². The van der Waals surface area contributed by atoms with Crippen LogP contribution < -0.4 is 20.7 Å². The lowest BCUT2D eigenvalue weighted by Crippen LogP contribution is -2.50. The Labute approximate surface area is 170 Å². The number of nitrogens with zero attached hydrogens (tertiary/aromatic N) is 2. The van der Waals surface area contributed by atoms with Crippen LogP contribution in [-0.4, -0.2) is 36.1 Å². The minimum absolute atomic E-state index is 0.0476. The van der Waals surface area contributed by atoms with E-state index < -0.39 is 11.9 Å². The number of hydrogen-bond donors (Lipinski definition) is 1. The lowest BCUT2D eigenvalue weighted by atomic mass is 10.1. The third-order valence-electron chi connectivity index (χ3n) is 4.79. The number of hydrogen-bond acceptors (Lipinski definition) is 5. The number of aromatic nitrogens is 1. The average Bonchev–Trinajstić information content (AvgIpc) is 3.04. The van der Waals surface area contributed by atoms with E-state index in [4.69, 9.17) is 20.8 Å². The highest BCUT2D eigenvalue weighted by Gasteiger charge is 2.33. The lowest BCUT2D eigenvalue weighted by Gasteiger charge is -2.34. The molecule has 0 aliphatic carbocycles. The summed E-state index contributed by atoms with van der Waals surface area (Å²) in [5, 5.41) is 3.00. The van der Waals surface area contributed by atoms with Crippen molar-refractivity contribution in [3.8, 4) is 5.75 Å². The number of halogens is 1. The van der Waals surface area contributed by atoms with Gasteiger partial charge in [-0.25, -0.2) is 4.79 Å². The summed E-state index contributed by atoms with van der Waals surface area (Å²) in [6.07, 6.45) is -0.759. The van der Waals surface area contributed by atoms with Crippen molar-refractivity contribution in [2.75, 3.05) is 18.5 Å². The number of oxazole rings is 1. The second-order valence-electron chi connectivity index (χ2n) is 6.57. The molecule has 9 heteroatoms. The van der Waals surface area contributed by atoms with Crippen LogP contribution in [0.1, 0.15) is 6.42 Å². The molecule has 0 bridgehead atoms. The zero-order valence-corrected chi connectivity index (χ0v) is 16.3. The summed E-state index contributed by atoms with van der Waals surface area (Å²) in [6.45, 7) is 0.225. The molecule has 1 N–H and O–H groups in total. The molecular formula is C20H18ClN3O5. The molecule has 2 amide bonds. The van der Waals surface area contributed by atoms with Crippen molar-refractivity contribution in [3.63, 3.8) is 0 Å². The van der Waals surface area contributed by atoms with Crippen LogP contribution in [0.25, 0.3) is 11.1 Å². The fraction of sp³-hybridized carbons (Fsp3) is 0.250. The van der Waals surface area contributed by atoms with Gasteiger partial charge in [0.15, 0.2) is 11.7 Å². The van der Waals surface area contributed by atoms with Gasteiger partial charge in [0.1, 0.15) is 5.75 Å². The van der Waals surface area contributed by atoms with Crippen molar-refractivity contribution in [1.29, 1.82) is 0 Å². The lowest BCUT2D eigenvalue weighted by molar-refractivity contribution is -0.128. The molecule has 29 heavy (non-hydrogen) atoms. The molecule has 2 heterocycles. The van der Waals surface area contributed by atoms with Gasteiger partial charge in [0.2, 0.25) is 5.91 Å². The van der Waals surface area contributed by atoms with Crippen LogP contribution in [0.5, 0.6) is 5.75 Å². The largest absolute Gasteiger partial charge is 0.477 e. The van der Waals surface area contributed by atoms with E-state index in [0.717, 1.165) is 0 Å². The van der Waals surface area contributed by atoms with Gasteiger partial charge in [-0.2, -0.15) is 0 Å². The number of fused-ring (bicyclic) bond motifs is 2. The van der Waals surface area contributed by atoms with Gasteiger partial charge in [0, 0.05) is 31.1 Å². The second kappa shape index (κ2) is 7.63. The Morgan fingerprint density at radius 2 is 2.03 bits per heavy atom. The Hall–Kier alpha value is -3.26. The molecule has 4 rings (SSSR count). The zero-order valence-electron chi connectivity index (χ0n) is 15.6. The fourth-order valence-electron chi connectivity index (χ4n) is 3.36. The first kappa shape index (κ1) is 19.1. The van der Waals surface area contributed by atoms with Crippen molar-refractivity contribution in [2.24, 2.45) is 0 Å². The smallest absolute Gasteiger partial charge is 0.419 e. The Morgan fingerprint density at radius 1 is 1.24 bits per heavy atom. The number of ether oxygens (including phenoxy) is 1. The quantitative estimate of drug-likeness (QED) is 0.704. The molecule has 8 nitrogen and oxygen atoms in total. The van der Waals surface area contributed by atoms with Gasteiger partial charge < -0.3 is 19.4 Å². The van der Waals surface area contributed by atoms with E-state index in [9.17, 15) is 14.4 Å². The summed E-state index contributed by atoms with van der Waals surface area (Å²) >= 11 is 5.93. The zero-order chi connectivity index (χ0) is 20.5. The number of nitrogens with one attached hydrogen (secondary N) is 1. The van der Waals surface area contributed by atoms with Crippen molar-refractivity contribution in [1.82, 2.24) is 9.88 Å². The van der Waals surface area contributed by atoms with E-state index in [1.807, 2.05) is 0 Å². The van der Waals surface area contributed by atoms with Crippen LogP contribution in [0.15, 0.2) is 51.7 Å². The maximum atomic E-state index is 13.0. The summed E-state index contributed by atoms with van der Waals surface area (Å²) in [5.41, 5.74) is 1.53. The standard InChI is InChI=1S/C20H18ClN3O5/c1-22-19(26)17-11-24(13-4-2-3-5-15(13)28-17)18(25)8-9-23-14-7-6-12(21)10-16(14)29-20(23)27/h2-7,10,17H,8-9,11H2,1H3,(H,22,26)/t17-/m0/s1. The molecule has 150 valence electrons. The first-order valence-electron chi connectivity index (χ1n) is 9.04. The first-order valence-corrected chi connectivity index (χ1v) is 9.42. The molecule has 0 spiro atoms. The van der Waals surface area contributed by atoms with Gasteiger partial charge in [-0.05, 0) is 24.3 Å². The molecule has 1 aliphatic heterocycles. The third-order valence-corrected chi connectivity index (χ3v) is 5.03. The molecule has 1 aliphatic rings. The van der Waals surface area contributed by atoms with Gasteiger partial charge >= 0.3 is 5.76 Å². The molecule has 0 saturated heterocycles. The number of amides is 2. The highest BCUT2D eigenvalue weighted by atomic mass is 35.5. The number of carbonyl (C=O) groups excluding carboxylic acids is 2. The molecule has 1 aromatic heterocycles. The number of anilines is 1. The summed E-state index contributed by atoms with van der Waals surface area (Å²) < 4.78 is 12.3. The van der Waals surface area contributed by atoms with E-state index in [1.54, 1.807) is 42.5 Å². The van der Waals surface area contributed by atoms with E-state index >= 15 is 0 Å². The van der Waals surface area contributed by atoms with Crippen LogP contribution in [-0.2, 0) is 16.1 Å². The van der Waals surface area contributed by atoms with E-state index in [2.05, 4.69) is 5.32 Å². The van der Waals surface area contributed by atoms with Crippen molar-refractivity contribution < 1.29 is 18.7 Å². The van der Waals surface area contributed by atoms with Crippen molar-refractivity contribution in [3.05, 3.63) is 58.0 Å². The van der Waals surface area contributed by atoms with Crippen molar-refractivity contribution >= 4 is 40.2 Å². The summed E-state index contributed by atoms with van der Waals surface area (Å²) in [6, 6.07) is 11.9. The maximum absolute atomic E-state index is 13.0. The van der Waals surface area contributed by atoms with Crippen LogP contribution in [0.3, 0.4) is 0 Å². The number of rotatable bonds is 4. The average molecular weight is 416 g/mol. The molecule has 2 aromatic carbocycles.